The molecule has 3 rings (SSSR count). The Bertz CT molecular complexity index is 824. The van der Waals surface area contributed by atoms with Crippen molar-refractivity contribution >= 4 is 32.7 Å². The van der Waals surface area contributed by atoms with Gasteiger partial charge in [-0.1, -0.05) is 0 Å². The maximum Gasteiger partial charge on any atom is 0.228 e. The van der Waals surface area contributed by atoms with Crippen LogP contribution in [0.15, 0.2) is 51.4 Å². The van der Waals surface area contributed by atoms with Gasteiger partial charge in [-0.25, -0.2) is 8.78 Å². The smallest absolute Gasteiger partial charge is 0.228 e. The number of carbonyl (C=O) groups is 1. The fourth-order valence-corrected chi connectivity index (χ4v) is 2.15. The Morgan fingerprint density at radius 2 is 1.85 bits per heavy atom. The van der Waals surface area contributed by atoms with E-state index in [9.17, 15) is 13.6 Å². The number of fused-ring (bicyclic) bond motifs is 1. The van der Waals surface area contributed by atoms with Crippen LogP contribution in [0.1, 0.15) is 16.1 Å². The molecule has 3 aromatic rings. The third-order valence-electron chi connectivity index (χ3n) is 2.88. The van der Waals surface area contributed by atoms with E-state index in [4.69, 9.17) is 4.42 Å². The summed E-state index contributed by atoms with van der Waals surface area (Å²) in [5, 5.41) is 0.492. The number of hydrogen-bond acceptors (Lipinski definition) is 2. The Hall–Kier alpha value is -2.01. The summed E-state index contributed by atoms with van der Waals surface area (Å²) in [6, 6.07) is 9.48. The topological polar surface area (TPSA) is 30.2 Å². The largest absolute Gasteiger partial charge is 0.453 e. The van der Waals surface area contributed by atoms with Gasteiger partial charge in [-0.2, -0.15) is 0 Å². The van der Waals surface area contributed by atoms with Crippen molar-refractivity contribution in [2.75, 3.05) is 0 Å². The van der Waals surface area contributed by atoms with Crippen molar-refractivity contribution in [1.82, 2.24) is 0 Å². The summed E-state index contributed by atoms with van der Waals surface area (Å²) < 4.78 is 32.2. The number of ketones is 1. The highest BCUT2D eigenvalue weighted by Crippen LogP contribution is 2.24. The molecule has 0 unspecified atom stereocenters. The van der Waals surface area contributed by atoms with E-state index in [1.165, 1.54) is 36.4 Å². The normalized spacial score (nSPS) is 10.9. The van der Waals surface area contributed by atoms with Gasteiger partial charge in [0.15, 0.2) is 5.76 Å². The molecule has 0 fully saturated rings. The minimum absolute atomic E-state index is 0.0484. The van der Waals surface area contributed by atoms with Crippen molar-refractivity contribution in [1.29, 1.82) is 0 Å². The molecule has 0 amide bonds. The summed E-state index contributed by atoms with van der Waals surface area (Å²) in [7, 11) is 0. The molecule has 0 aliphatic carbocycles. The van der Waals surface area contributed by atoms with Gasteiger partial charge in [-0.05, 0) is 58.4 Å². The Morgan fingerprint density at radius 1 is 1.05 bits per heavy atom. The van der Waals surface area contributed by atoms with Gasteiger partial charge in [0.05, 0.1) is 4.47 Å². The zero-order valence-electron chi connectivity index (χ0n) is 9.99. The van der Waals surface area contributed by atoms with Crippen LogP contribution in [0.4, 0.5) is 8.78 Å². The molecule has 0 bridgehead atoms. The summed E-state index contributed by atoms with van der Waals surface area (Å²) in [5.74, 6) is -1.34. The minimum atomic E-state index is -0.530. The molecular weight excluding hydrogens is 330 g/mol. The summed E-state index contributed by atoms with van der Waals surface area (Å²) >= 11 is 3.02. The molecular formula is C15H7BrF2O2. The highest BCUT2D eigenvalue weighted by atomic mass is 79.9. The van der Waals surface area contributed by atoms with Crippen LogP contribution in [-0.4, -0.2) is 5.78 Å². The van der Waals surface area contributed by atoms with Crippen LogP contribution in [0.25, 0.3) is 11.0 Å². The molecule has 0 radical (unpaired) electrons. The molecule has 1 aromatic heterocycles. The van der Waals surface area contributed by atoms with E-state index in [0.29, 0.717) is 11.0 Å². The molecule has 0 aliphatic heterocycles. The van der Waals surface area contributed by atoms with Crippen LogP contribution in [0.5, 0.6) is 0 Å². The first-order valence-electron chi connectivity index (χ1n) is 5.73. The van der Waals surface area contributed by atoms with Gasteiger partial charge < -0.3 is 4.42 Å². The van der Waals surface area contributed by atoms with Crippen molar-refractivity contribution in [2.24, 2.45) is 0 Å². The van der Waals surface area contributed by atoms with Crippen LogP contribution in [0.3, 0.4) is 0 Å². The summed E-state index contributed by atoms with van der Waals surface area (Å²) in [4.78, 5) is 12.2. The van der Waals surface area contributed by atoms with Gasteiger partial charge in [0.2, 0.25) is 5.78 Å². The second kappa shape index (κ2) is 4.83. The average Bonchev–Trinajstić information content (AvgIpc) is 2.84. The van der Waals surface area contributed by atoms with E-state index in [0.717, 1.165) is 6.07 Å². The van der Waals surface area contributed by atoms with Crippen molar-refractivity contribution in [2.45, 2.75) is 0 Å². The van der Waals surface area contributed by atoms with Crippen molar-refractivity contribution < 1.29 is 18.0 Å². The van der Waals surface area contributed by atoms with E-state index >= 15 is 0 Å². The second-order valence-electron chi connectivity index (χ2n) is 4.25. The molecule has 0 saturated heterocycles. The second-order valence-corrected chi connectivity index (χ2v) is 5.11. The fourth-order valence-electron chi connectivity index (χ4n) is 1.91. The molecule has 0 aliphatic rings. The molecule has 100 valence electrons. The lowest BCUT2D eigenvalue weighted by Crippen LogP contribution is -2.00. The van der Waals surface area contributed by atoms with E-state index in [2.05, 4.69) is 15.9 Å². The number of carbonyl (C=O) groups excluding carboxylic acids is 1. The van der Waals surface area contributed by atoms with Crippen LogP contribution >= 0.6 is 15.9 Å². The fraction of sp³-hybridized carbons (Fsp3) is 0. The Kier molecular flexibility index (Phi) is 3.14. The van der Waals surface area contributed by atoms with E-state index in [-0.39, 0.29) is 15.8 Å². The molecule has 1 heterocycles. The number of rotatable bonds is 2. The zero-order valence-corrected chi connectivity index (χ0v) is 11.6. The van der Waals surface area contributed by atoms with Crippen molar-refractivity contribution in [3.8, 4) is 0 Å². The molecule has 0 atom stereocenters. The standard InChI is InChI=1S/C15H7BrF2O2/c16-11-3-1-8(6-12(11)18)15(19)14-7-9-5-10(17)2-4-13(9)20-14/h1-7H. The molecule has 0 spiro atoms. The maximum absolute atomic E-state index is 13.4. The Labute approximate surface area is 121 Å². The summed E-state index contributed by atoms with van der Waals surface area (Å²) in [6.07, 6.45) is 0. The predicted molar refractivity (Wildman–Crippen MR) is 73.7 cm³/mol. The van der Waals surface area contributed by atoms with E-state index in [1.54, 1.807) is 0 Å². The number of benzene rings is 2. The Balaban J connectivity index is 2.05. The number of furan rings is 1. The zero-order chi connectivity index (χ0) is 14.3. The highest BCUT2D eigenvalue weighted by Gasteiger charge is 2.16. The first-order valence-corrected chi connectivity index (χ1v) is 6.53. The van der Waals surface area contributed by atoms with Crippen LogP contribution in [-0.2, 0) is 0 Å². The summed E-state index contributed by atoms with van der Waals surface area (Å²) in [6.45, 7) is 0. The molecule has 20 heavy (non-hydrogen) atoms. The van der Waals surface area contributed by atoms with E-state index in [1.807, 2.05) is 0 Å². The molecule has 2 nitrogen and oxygen atoms in total. The molecule has 5 heteroatoms. The van der Waals surface area contributed by atoms with Gasteiger partial charge in [0.1, 0.15) is 17.2 Å². The molecule has 0 saturated carbocycles. The lowest BCUT2D eigenvalue weighted by molar-refractivity contribution is 0.101. The van der Waals surface area contributed by atoms with Crippen LogP contribution < -0.4 is 0 Å². The maximum atomic E-state index is 13.4. The first kappa shape index (κ1) is 13.0. The first-order chi connectivity index (χ1) is 9.54. The monoisotopic (exact) mass is 336 g/mol. The van der Waals surface area contributed by atoms with Crippen molar-refractivity contribution in [3.63, 3.8) is 0 Å². The Morgan fingerprint density at radius 3 is 2.60 bits per heavy atom. The van der Waals surface area contributed by atoms with E-state index < -0.39 is 17.4 Å². The van der Waals surface area contributed by atoms with Gasteiger partial charge in [-0.15, -0.1) is 0 Å². The quantitative estimate of drug-likeness (QED) is 0.634. The predicted octanol–water partition coefficient (Wildman–Crippen LogP) is 4.70. The van der Waals surface area contributed by atoms with Crippen LogP contribution in [0, 0.1) is 11.6 Å². The minimum Gasteiger partial charge on any atom is -0.453 e. The molecule has 2 aromatic carbocycles. The van der Waals surface area contributed by atoms with Gasteiger partial charge in [0, 0.05) is 10.9 Å². The average molecular weight is 337 g/mol. The highest BCUT2D eigenvalue weighted by molar-refractivity contribution is 9.10. The number of halogens is 3. The third-order valence-corrected chi connectivity index (χ3v) is 3.53. The van der Waals surface area contributed by atoms with Crippen LogP contribution in [0.2, 0.25) is 0 Å². The van der Waals surface area contributed by atoms with Gasteiger partial charge >= 0.3 is 0 Å². The summed E-state index contributed by atoms with van der Waals surface area (Å²) in [5.41, 5.74) is 0.581. The van der Waals surface area contributed by atoms with Gasteiger partial charge in [-0.3, -0.25) is 4.79 Å². The molecule has 0 N–H and O–H groups in total. The lowest BCUT2D eigenvalue weighted by atomic mass is 10.1. The van der Waals surface area contributed by atoms with Gasteiger partial charge in [0.25, 0.3) is 0 Å². The van der Waals surface area contributed by atoms with Crippen molar-refractivity contribution in [3.05, 3.63) is 69.9 Å². The third kappa shape index (κ3) is 2.25. The lowest BCUT2D eigenvalue weighted by Gasteiger charge is -1.99. The number of hydrogen-bond donors (Lipinski definition) is 0. The SMILES string of the molecule is O=C(c1ccc(Br)c(F)c1)c1cc2cc(F)ccc2o1.